The van der Waals surface area contributed by atoms with Crippen LogP contribution in [0.2, 0.25) is 0 Å². The molecule has 0 aliphatic carbocycles. The zero-order chi connectivity index (χ0) is 51.5. The number of aromatic hydroxyl groups is 1. The van der Waals surface area contributed by atoms with Crippen molar-refractivity contribution in [2.45, 2.75) is 127 Å². The van der Waals surface area contributed by atoms with Crippen LogP contribution < -0.4 is 60.2 Å². The van der Waals surface area contributed by atoms with Crippen molar-refractivity contribution in [2.24, 2.45) is 34.8 Å². The van der Waals surface area contributed by atoms with Gasteiger partial charge in [0.05, 0.1) is 19.0 Å². The van der Waals surface area contributed by atoms with Gasteiger partial charge >= 0.3 is 0 Å². The van der Waals surface area contributed by atoms with Crippen molar-refractivity contribution in [2.75, 3.05) is 24.6 Å². The largest absolute Gasteiger partial charge is 0.508 e. The van der Waals surface area contributed by atoms with Crippen molar-refractivity contribution in [1.29, 1.82) is 0 Å². The fourth-order valence-electron chi connectivity index (χ4n) is 7.34. The lowest BCUT2D eigenvalue weighted by Gasteiger charge is -2.31. The molecule has 1 aromatic rings. The van der Waals surface area contributed by atoms with Gasteiger partial charge in [0.15, 0.2) is 0 Å². The van der Waals surface area contributed by atoms with Gasteiger partial charge in [-0.25, -0.2) is 0 Å². The number of rotatable bonds is 17. The second-order valence-corrected chi connectivity index (χ2v) is 20.0. The van der Waals surface area contributed by atoms with Crippen LogP contribution in [0.3, 0.4) is 0 Å². The van der Waals surface area contributed by atoms with Gasteiger partial charge in [0.2, 0.25) is 65.0 Å². The molecule has 0 unspecified atom stereocenters. The number of carbonyl (C=O) groups is 11. The van der Waals surface area contributed by atoms with Crippen molar-refractivity contribution in [1.82, 2.24) is 42.1 Å². The van der Waals surface area contributed by atoms with Crippen molar-refractivity contribution < 1.29 is 57.8 Å². The van der Waals surface area contributed by atoms with Crippen LogP contribution in [0.1, 0.15) is 78.2 Å². The lowest BCUT2D eigenvalue weighted by molar-refractivity contribution is -0.142. The van der Waals surface area contributed by atoms with Crippen LogP contribution in [0.25, 0.3) is 0 Å². The molecule has 2 heterocycles. The molecule has 1 aromatic carbocycles. The molecule has 0 radical (unpaired) electrons. The van der Waals surface area contributed by atoms with E-state index < -0.39 is 145 Å². The molecule has 3 rings (SSSR count). The van der Waals surface area contributed by atoms with Crippen molar-refractivity contribution in [3.63, 3.8) is 0 Å². The Hall–Kier alpha value is -6.15. The smallest absolute Gasteiger partial charge is 0.246 e. The first kappa shape index (κ1) is 57.2. The number of nitrogens with zero attached hydrogens (tertiary/aromatic N) is 1. The molecular weight excluding hydrogens is 941 g/mol. The van der Waals surface area contributed by atoms with Gasteiger partial charge < -0.3 is 70.2 Å². The van der Waals surface area contributed by atoms with Crippen LogP contribution in [0.5, 0.6) is 5.75 Å². The van der Waals surface area contributed by atoms with Gasteiger partial charge in [-0.2, -0.15) is 0 Å². The monoisotopic (exact) mass is 1010 g/mol. The highest BCUT2D eigenvalue weighted by Gasteiger charge is 2.41. The second-order valence-electron chi connectivity index (χ2n) is 17.4. The number of hydrogen-bond acceptors (Lipinski definition) is 15. The Morgan fingerprint density at radius 1 is 0.783 bits per heavy atom. The first-order valence-electron chi connectivity index (χ1n) is 22.5. The fourth-order valence-corrected chi connectivity index (χ4v) is 9.62. The lowest BCUT2D eigenvalue weighted by Crippen LogP contribution is -2.61. The average Bonchev–Trinajstić information content (AvgIpc) is 3.78. The molecule has 0 bridgehead atoms. The highest BCUT2D eigenvalue weighted by molar-refractivity contribution is 8.76. The number of phenolic OH excluding ortho intramolecular Hbond substituents is 1. The van der Waals surface area contributed by atoms with E-state index in [1.807, 2.05) is 13.8 Å². The van der Waals surface area contributed by atoms with Gasteiger partial charge in [0.25, 0.3) is 0 Å². The number of amides is 11. The Balaban J connectivity index is 2.05. The van der Waals surface area contributed by atoms with E-state index in [2.05, 4.69) is 37.2 Å². The van der Waals surface area contributed by atoms with Crippen LogP contribution in [-0.4, -0.2) is 148 Å². The summed E-state index contributed by atoms with van der Waals surface area (Å²) in [5, 5.41) is 27.7. The number of benzene rings is 1. The highest BCUT2D eigenvalue weighted by atomic mass is 33.1. The highest BCUT2D eigenvalue weighted by Crippen LogP contribution is 2.26. The minimum atomic E-state index is -1.75. The zero-order valence-corrected chi connectivity index (χ0v) is 40.7. The number of likely N-dealkylation sites (tertiary alicyclic amines) is 1. The summed E-state index contributed by atoms with van der Waals surface area (Å²) >= 11 is 0. The molecular formula is C43H66N12O12S2. The molecule has 69 heavy (non-hydrogen) atoms. The van der Waals surface area contributed by atoms with E-state index in [1.165, 1.54) is 29.2 Å². The van der Waals surface area contributed by atoms with Crippen molar-refractivity contribution in [3.05, 3.63) is 29.8 Å². The predicted molar refractivity (Wildman–Crippen MR) is 254 cm³/mol. The summed E-state index contributed by atoms with van der Waals surface area (Å²) in [4.78, 5) is 148. The van der Waals surface area contributed by atoms with Gasteiger partial charge in [0, 0.05) is 30.9 Å². The maximum absolute atomic E-state index is 14.5. The van der Waals surface area contributed by atoms with Crippen LogP contribution in [0.15, 0.2) is 24.3 Å². The minimum absolute atomic E-state index is 0.0468. The van der Waals surface area contributed by atoms with Crippen LogP contribution >= 0.6 is 21.6 Å². The lowest BCUT2D eigenvalue weighted by atomic mass is 9.96. The first-order chi connectivity index (χ1) is 32.5. The first-order valence-corrected chi connectivity index (χ1v) is 25.0. The third-order valence-corrected chi connectivity index (χ3v) is 13.7. The molecule has 9 atom stereocenters. The zero-order valence-electron chi connectivity index (χ0n) is 39.1. The summed E-state index contributed by atoms with van der Waals surface area (Å²) in [6.45, 7) is 6.60. The fraction of sp³-hybridized carbons (Fsp3) is 0.605. The summed E-state index contributed by atoms with van der Waals surface area (Å²) in [6, 6.07) is -5.05. The average molecular weight is 1010 g/mol. The van der Waals surface area contributed by atoms with Crippen LogP contribution in [0.4, 0.5) is 0 Å². The number of phenols is 1. The normalized spacial score (nSPS) is 24.3. The van der Waals surface area contributed by atoms with Crippen molar-refractivity contribution in [3.8, 4) is 5.75 Å². The van der Waals surface area contributed by atoms with Gasteiger partial charge in [-0.15, -0.1) is 0 Å². The Bertz CT molecular complexity index is 2050. The van der Waals surface area contributed by atoms with E-state index in [0.29, 0.717) is 18.4 Å². The van der Waals surface area contributed by atoms with Gasteiger partial charge in [-0.05, 0) is 55.2 Å². The predicted octanol–water partition coefficient (Wildman–Crippen LogP) is -3.61. The SMILES string of the molecule is CC[C@H](C)[C@@H]1NC(=O)[C@H](Cc2ccc(O)cc2)NC(=O)[C@H](N)CSSC[C@H](C(=O)N2CCC[C@@H]2C(=O)N[C@@H](CC(C)C)C(=O)NCC(N)=O)NC(=O)[C@H](CC(N)=O)NC(=O)[C@H](CCC(N)=O)NC1=O. The summed E-state index contributed by atoms with van der Waals surface area (Å²) < 4.78 is 0. The number of nitrogens with one attached hydrogen (secondary N) is 7. The molecule has 2 fully saturated rings. The number of hydrogen-bond donors (Lipinski definition) is 12. The molecule has 2 aliphatic heterocycles. The summed E-state index contributed by atoms with van der Waals surface area (Å²) in [5.74, 6) is -10.4. The van der Waals surface area contributed by atoms with Gasteiger partial charge in [-0.3, -0.25) is 52.7 Å². The molecule has 24 nitrogen and oxygen atoms in total. The van der Waals surface area contributed by atoms with E-state index in [4.69, 9.17) is 22.9 Å². The molecule has 0 saturated carbocycles. The van der Waals surface area contributed by atoms with E-state index in [0.717, 1.165) is 21.6 Å². The van der Waals surface area contributed by atoms with Crippen molar-refractivity contribution >= 4 is 86.6 Å². The third-order valence-electron chi connectivity index (χ3n) is 11.3. The number of carbonyl (C=O) groups excluding carboxylic acids is 11. The van der Waals surface area contributed by atoms with Crippen LogP contribution in [0, 0.1) is 11.8 Å². The summed E-state index contributed by atoms with van der Waals surface area (Å²) in [6.07, 6.45) is -0.694. The molecule has 26 heteroatoms. The molecule has 11 amide bonds. The Morgan fingerprint density at radius 2 is 1.39 bits per heavy atom. The maximum Gasteiger partial charge on any atom is 0.246 e. The second kappa shape index (κ2) is 27.7. The topological polar surface area (TPSA) is 400 Å². The number of primary amides is 3. The van der Waals surface area contributed by atoms with E-state index in [-0.39, 0.29) is 49.0 Å². The molecule has 16 N–H and O–H groups in total. The number of nitrogens with two attached hydrogens (primary N) is 4. The third kappa shape index (κ3) is 18.7. The van der Waals surface area contributed by atoms with Gasteiger partial charge in [0.1, 0.15) is 48.0 Å². The maximum atomic E-state index is 14.5. The van der Waals surface area contributed by atoms with E-state index >= 15 is 0 Å². The Kier molecular flexibility index (Phi) is 23.0. The van der Waals surface area contributed by atoms with E-state index in [9.17, 15) is 57.8 Å². The van der Waals surface area contributed by atoms with Gasteiger partial charge in [-0.1, -0.05) is 67.8 Å². The molecule has 0 aromatic heterocycles. The quantitative estimate of drug-likeness (QED) is 0.0671. The summed E-state index contributed by atoms with van der Waals surface area (Å²) in [7, 11) is 2.05. The minimum Gasteiger partial charge on any atom is -0.508 e. The van der Waals surface area contributed by atoms with E-state index in [1.54, 1.807) is 13.8 Å². The molecule has 2 aliphatic rings. The molecule has 0 spiro atoms. The van der Waals surface area contributed by atoms with Crippen LogP contribution in [-0.2, 0) is 59.2 Å². The Labute approximate surface area is 407 Å². The summed E-state index contributed by atoms with van der Waals surface area (Å²) in [5.41, 5.74) is 22.9. The molecule has 382 valence electrons. The molecule has 2 saturated heterocycles. The standard InChI is InChI=1S/C43H66N12O12S2/c1-5-22(4)35-42(66)49-26(12-13-32(45)57)38(62)51-29(17-33(46)58)39(63)53-30(20-69-68-19-25(44)36(60)50-28(40(64)54-35)16-23-8-10-24(56)11-9-23)43(67)55-14-6-7-31(55)41(65)52-27(15-21(2)3)37(61)48-18-34(47)59/h8-11,21-22,25-31,35,56H,5-7,12-20,44H2,1-4H3,(H2,45,57)(H2,46,58)(H2,47,59)(H,48,61)(H,49,66)(H,50,60)(H,51,62)(H,52,65)(H,53,63)(H,54,64)/t22-,25+,26-,27-,28-,29-,30+,31+,35-/m0/s1. The Morgan fingerprint density at radius 3 is 2.00 bits per heavy atom.